The van der Waals surface area contributed by atoms with Gasteiger partial charge in [0, 0.05) is 12.4 Å². The molecule has 0 spiro atoms. The molecule has 0 aromatic carbocycles. The first kappa shape index (κ1) is 14.3. The molecule has 2 rings (SSSR count). The van der Waals surface area contributed by atoms with Crippen molar-refractivity contribution in [3.05, 3.63) is 51.7 Å². The fraction of sp³-hybridized carbons (Fsp3) is 0. The highest BCUT2D eigenvalue weighted by atomic mass is 35.5. The first-order valence-corrected chi connectivity index (χ1v) is 5.15. The second-order valence-corrected chi connectivity index (χ2v) is 3.24. The van der Waals surface area contributed by atoms with Crippen molar-refractivity contribution in [2.45, 2.75) is 0 Å². The molecule has 0 saturated heterocycles. The minimum absolute atomic E-state index is 0.106. The zero-order valence-electron chi connectivity index (χ0n) is 9.36. The van der Waals surface area contributed by atoms with Crippen LogP contribution in [0.15, 0.2) is 34.5 Å². The minimum atomic E-state index is -0.461. The van der Waals surface area contributed by atoms with Crippen LogP contribution in [0.1, 0.15) is 11.4 Å². The van der Waals surface area contributed by atoms with Crippen molar-refractivity contribution in [2.24, 2.45) is 5.16 Å². The maximum atomic E-state index is 10.5. The number of oxime groups is 1. The molecule has 0 aliphatic heterocycles. The zero-order chi connectivity index (χ0) is 14.1. The molecule has 0 amide bonds. The first-order chi connectivity index (χ1) is 9.15. The van der Waals surface area contributed by atoms with E-state index in [2.05, 4.69) is 25.1 Å². The predicted molar refractivity (Wildman–Crippen MR) is 66.0 cm³/mol. The van der Waals surface area contributed by atoms with E-state index in [0.29, 0.717) is 5.69 Å². The van der Waals surface area contributed by atoms with Crippen molar-refractivity contribution in [1.29, 1.82) is 5.26 Å². The molecular formula is C10H7ClN6O2. The smallest absolute Gasteiger partial charge is 0.345 e. The Hall–Kier alpha value is -2.79. The molecule has 2 heterocycles. The van der Waals surface area contributed by atoms with Gasteiger partial charge in [-0.15, -0.1) is 0 Å². The van der Waals surface area contributed by atoms with E-state index < -0.39 is 5.69 Å². The zero-order valence-corrected chi connectivity index (χ0v) is 10.1. The third-order valence-corrected chi connectivity index (χ3v) is 1.82. The van der Waals surface area contributed by atoms with Crippen LogP contribution in [0.5, 0.6) is 0 Å². The summed E-state index contributed by atoms with van der Waals surface area (Å²) < 4.78 is 0. The highest BCUT2D eigenvalue weighted by Crippen LogP contribution is 1.98. The SMILES string of the molecule is N#Cc1ccnc(Cl)n1.O=c1nccc(/C=N/O)[nH]1. The lowest BCUT2D eigenvalue weighted by atomic mass is 10.4. The van der Waals surface area contributed by atoms with Crippen LogP contribution in [0.2, 0.25) is 5.28 Å². The molecular weight excluding hydrogens is 272 g/mol. The molecule has 2 aromatic rings. The van der Waals surface area contributed by atoms with Gasteiger partial charge in [-0.3, -0.25) is 0 Å². The van der Waals surface area contributed by atoms with Crippen molar-refractivity contribution in [3.8, 4) is 6.07 Å². The Labute approximate surface area is 112 Å². The molecule has 0 unspecified atom stereocenters. The van der Waals surface area contributed by atoms with Crippen LogP contribution in [0.4, 0.5) is 0 Å². The van der Waals surface area contributed by atoms with Gasteiger partial charge in [0.15, 0.2) is 0 Å². The van der Waals surface area contributed by atoms with Gasteiger partial charge in [-0.05, 0) is 23.7 Å². The summed E-state index contributed by atoms with van der Waals surface area (Å²) in [6.45, 7) is 0. The molecule has 2 N–H and O–H groups in total. The molecule has 0 atom stereocenters. The molecule has 0 fully saturated rings. The Balaban J connectivity index is 0.000000191. The molecule has 0 saturated carbocycles. The lowest BCUT2D eigenvalue weighted by Crippen LogP contribution is -2.10. The van der Waals surface area contributed by atoms with Gasteiger partial charge in [-0.1, -0.05) is 5.16 Å². The molecule has 0 aliphatic rings. The third kappa shape index (κ3) is 5.38. The van der Waals surface area contributed by atoms with Crippen molar-refractivity contribution < 1.29 is 5.21 Å². The van der Waals surface area contributed by atoms with Crippen LogP contribution in [0, 0.1) is 11.3 Å². The van der Waals surface area contributed by atoms with Gasteiger partial charge in [0.05, 0.1) is 11.9 Å². The number of H-pyrrole nitrogens is 1. The van der Waals surface area contributed by atoms with Gasteiger partial charge in [-0.25, -0.2) is 19.7 Å². The number of rotatable bonds is 1. The summed E-state index contributed by atoms with van der Waals surface area (Å²) in [6, 6.07) is 4.84. The van der Waals surface area contributed by atoms with Crippen LogP contribution < -0.4 is 5.69 Å². The standard InChI is InChI=1S/C5H2ClN3.C5H5N3O2/c6-5-8-2-1-4(3-7)9-5;9-5-6-2-1-4(8-5)3-7-10/h1-2H;1-3,10H,(H,6,8,9)/b;7-3+. The fourth-order valence-electron chi connectivity index (χ4n) is 0.917. The molecule has 19 heavy (non-hydrogen) atoms. The van der Waals surface area contributed by atoms with Crippen LogP contribution in [-0.2, 0) is 0 Å². The topological polar surface area (TPSA) is 128 Å². The second kappa shape index (κ2) is 7.52. The van der Waals surface area contributed by atoms with E-state index in [4.69, 9.17) is 22.1 Å². The number of aromatic amines is 1. The summed E-state index contributed by atoms with van der Waals surface area (Å²) in [7, 11) is 0. The van der Waals surface area contributed by atoms with Gasteiger partial charge in [-0.2, -0.15) is 5.26 Å². The first-order valence-electron chi connectivity index (χ1n) is 4.77. The van der Waals surface area contributed by atoms with Crippen molar-refractivity contribution in [2.75, 3.05) is 0 Å². The quantitative estimate of drug-likeness (QED) is 0.340. The summed E-state index contributed by atoms with van der Waals surface area (Å²) in [4.78, 5) is 23.3. The average molecular weight is 279 g/mol. The normalized spacial score (nSPS) is 9.47. The van der Waals surface area contributed by atoms with Crippen LogP contribution in [0.25, 0.3) is 0 Å². The van der Waals surface area contributed by atoms with E-state index in [1.807, 2.05) is 6.07 Å². The van der Waals surface area contributed by atoms with Gasteiger partial charge in [0.2, 0.25) is 5.28 Å². The highest BCUT2D eigenvalue weighted by Gasteiger charge is 1.91. The average Bonchev–Trinajstić information content (AvgIpc) is 2.40. The maximum absolute atomic E-state index is 10.5. The number of nitriles is 1. The number of nitrogens with zero attached hydrogens (tertiary/aromatic N) is 5. The molecule has 96 valence electrons. The second-order valence-electron chi connectivity index (χ2n) is 2.90. The van der Waals surface area contributed by atoms with Crippen molar-refractivity contribution in [1.82, 2.24) is 19.9 Å². The number of halogens is 1. The number of aromatic nitrogens is 4. The van der Waals surface area contributed by atoms with Gasteiger partial charge in [0.1, 0.15) is 11.8 Å². The van der Waals surface area contributed by atoms with Gasteiger partial charge in [0.25, 0.3) is 0 Å². The van der Waals surface area contributed by atoms with Gasteiger partial charge >= 0.3 is 5.69 Å². The fourth-order valence-corrected chi connectivity index (χ4v) is 1.06. The summed E-state index contributed by atoms with van der Waals surface area (Å²) in [5, 5.41) is 19.1. The molecule has 0 bridgehead atoms. The van der Waals surface area contributed by atoms with E-state index >= 15 is 0 Å². The van der Waals surface area contributed by atoms with E-state index in [1.165, 1.54) is 24.5 Å². The van der Waals surface area contributed by atoms with E-state index in [1.54, 1.807) is 0 Å². The van der Waals surface area contributed by atoms with Crippen LogP contribution in [0.3, 0.4) is 0 Å². The van der Waals surface area contributed by atoms with Gasteiger partial charge < -0.3 is 10.2 Å². The maximum Gasteiger partial charge on any atom is 0.345 e. The molecule has 0 radical (unpaired) electrons. The van der Waals surface area contributed by atoms with Crippen molar-refractivity contribution >= 4 is 17.8 Å². The molecule has 9 heteroatoms. The summed E-state index contributed by atoms with van der Waals surface area (Å²) >= 11 is 5.35. The Bertz CT molecular complexity index is 663. The molecule has 8 nitrogen and oxygen atoms in total. The van der Waals surface area contributed by atoms with E-state index in [9.17, 15) is 4.79 Å². The molecule has 2 aromatic heterocycles. The minimum Gasteiger partial charge on any atom is -0.411 e. The van der Waals surface area contributed by atoms with E-state index in [0.717, 1.165) is 6.21 Å². The largest absolute Gasteiger partial charge is 0.411 e. The lowest BCUT2D eigenvalue weighted by molar-refractivity contribution is 0.321. The predicted octanol–water partition coefficient (Wildman–Crippen LogP) is 0.580. The highest BCUT2D eigenvalue weighted by molar-refractivity contribution is 6.28. The Kier molecular flexibility index (Phi) is 5.65. The Morgan fingerprint density at radius 2 is 2.16 bits per heavy atom. The summed E-state index contributed by atoms with van der Waals surface area (Å²) in [6.07, 6.45) is 3.88. The third-order valence-electron chi connectivity index (χ3n) is 1.63. The van der Waals surface area contributed by atoms with Crippen molar-refractivity contribution in [3.63, 3.8) is 0 Å². The Morgan fingerprint density at radius 3 is 2.68 bits per heavy atom. The number of hydrogen-bond acceptors (Lipinski definition) is 7. The number of nitrogens with one attached hydrogen (secondary N) is 1. The van der Waals surface area contributed by atoms with Crippen LogP contribution in [-0.4, -0.2) is 31.4 Å². The summed E-state index contributed by atoms with van der Waals surface area (Å²) in [5.74, 6) is 0. The number of hydrogen-bond donors (Lipinski definition) is 2. The van der Waals surface area contributed by atoms with E-state index in [-0.39, 0.29) is 11.0 Å². The summed E-state index contributed by atoms with van der Waals surface area (Å²) in [5.41, 5.74) is 0.245. The Morgan fingerprint density at radius 1 is 1.42 bits per heavy atom. The monoisotopic (exact) mass is 278 g/mol. The lowest BCUT2D eigenvalue weighted by Gasteiger charge is -1.86. The van der Waals surface area contributed by atoms with Crippen LogP contribution >= 0.6 is 11.6 Å². The molecule has 0 aliphatic carbocycles.